The largest absolute Gasteiger partial charge is 2.00 e. The van der Waals surface area contributed by atoms with Gasteiger partial charge in [0.1, 0.15) is 0 Å². The van der Waals surface area contributed by atoms with E-state index >= 15 is 0 Å². The van der Waals surface area contributed by atoms with E-state index in [1.807, 2.05) is 141 Å². The van der Waals surface area contributed by atoms with Crippen molar-refractivity contribution in [3.63, 3.8) is 0 Å². The minimum atomic E-state index is 0. The van der Waals surface area contributed by atoms with Gasteiger partial charge < -0.3 is 42.1 Å². The number of hydrogen-bond donors (Lipinski definition) is 0. The van der Waals surface area contributed by atoms with Crippen LogP contribution >= 0.6 is 0 Å². The molecule has 0 atom stereocenters. The number of hydrogen-bond acceptors (Lipinski definition) is 12. The molecule has 0 radical (unpaired) electrons. The molecule has 734 valence electrons. The van der Waals surface area contributed by atoms with Crippen molar-refractivity contribution in [1.82, 2.24) is 43.1 Å². The summed E-state index contributed by atoms with van der Waals surface area (Å²) in [5, 5.41) is 9.70. The second-order valence-electron chi connectivity index (χ2n) is 38.6. The normalized spacial score (nSPS) is 11.4. The average molecular weight is 2460 g/mol. The van der Waals surface area contributed by atoms with E-state index in [1.54, 1.807) is 12.4 Å². The Labute approximate surface area is 902 Å². The molecule has 18 heteroatoms. The molecule has 0 fully saturated rings. The zero-order valence-corrected chi connectivity index (χ0v) is 91.4. The predicted octanol–water partition coefficient (Wildman–Crippen LogP) is 34.7. The summed E-state index contributed by atoms with van der Waals surface area (Å²) in [5.74, 6) is 5.59. The van der Waals surface area contributed by atoms with E-state index in [9.17, 15) is 0 Å². The standard InChI is InChI=1S/C47H42N4O.C46H40N4O.C36H28N4O.3Pt/c1-30(2)33-24-25-48-45(26-33)52-37-17-12-16-35(27-37)50(34-14-8-7-9-15-34)36-22-23-40-41-18-10-11-21-43(41)51-44(29-49-47(51)42(40)28-36)46-38(31(3)4)19-13-20-39(46)32(5)6;1-29(2)37-19-13-20-38(30(3)4)45(37)43-28-48-46-41-26-35(22-23-39(41)40-18-10-11-21-42(40)50(43)46)49(33-14-8-7-9-15-33)34-16-12-17-36(25-34)51-44-24-31(5)32(6)27-47-44;1-24(2)26-18-19-37-35(20-26)41-30-13-9-12-28(21-30)40(27-10-5-4-6-11-27)29-16-17-31-32-14-7-8-15-34(32)39-25(3)23-38-36(39)33(31)22-29;;;/h7-26,29-32H,1-6H3;7-24,27-30H,1-6H3;4-20,23-24H,1-3H3;;;/q3*-2;3*+2. The van der Waals surface area contributed by atoms with Gasteiger partial charge in [-0.3, -0.25) is 15.0 Å². The van der Waals surface area contributed by atoms with Crippen molar-refractivity contribution >= 4 is 133 Å². The number of ether oxygens (including phenoxy) is 3. The van der Waals surface area contributed by atoms with Gasteiger partial charge in [0.25, 0.3) is 0 Å². The molecule has 0 aliphatic rings. The quantitative estimate of drug-likeness (QED) is 0.0447. The Bertz CT molecular complexity index is 8690. The molecule has 0 saturated carbocycles. The molecule has 9 heterocycles. The van der Waals surface area contributed by atoms with E-state index in [1.165, 1.54) is 49.9 Å². The van der Waals surface area contributed by atoms with Gasteiger partial charge in [0.15, 0.2) is 0 Å². The molecule has 0 aliphatic heterocycles. The number of fused-ring (bicyclic) bond motifs is 18. The van der Waals surface area contributed by atoms with Gasteiger partial charge in [-0.05, 0) is 201 Å². The molecule has 147 heavy (non-hydrogen) atoms. The number of benzene rings is 14. The van der Waals surface area contributed by atoms with Crippen LogP contribution in [0.2, 0.25) is 0 Å². The molecule has 0 unspecified atom stereocenters. The van der Waals surface area contributed by atoms with Crippen molar-refractivity contribution in [1.29, 1.82) is 0 Å². The van der Waals surface area contributed by atoms with E-state index in [0.29, 0.717) is 70.4 Å². The minimum Gasteiger partial charge on any atom is -0.466 e. The van der Waals surface area contributed by atoms with Gasteiger partial charge in [-0.15, -0.1) is 109 Å². The molecule has 14 aromatic carbocycles. The van der Waals surface area contributed by atoms with Crippen LogP contribution in [0, 0.1) is 57.2 Å². The maximum atomic E-state index is 6.29. The van der Waals surface area contributed by atoms with Crippen LogP contribution in [0.5, 0.6) is 34.9 Å². The van der Waals surface area contributed by atoms with E-state index < -0.39 is 0 Å². The molecule has 0 N–H and O–H groups in total. The first-order valence-electron chi connectivity index (χ1n) is 49.6. The summed E-state index contributed by atoms with van der Waals surface area (Å²) in [7, 11) is 0. The molecule has 0 aliphatic carbocycles. The number of para-hydroxylation sites is 6. The molecular weight excluding hydrogens is 2350 g/mol. The fraction of sp³-hybridized carbons (Fsp3) is 0.163. The molecule has 9 aromatic heterocycles. The molecule has 15 nitrogen and oxygen atoms in total. The first-order valence-corrected chi connectivity index (χ1v) is 49.6. The van der Waals surface area contributed by atoms with Crippen LogP contribution in [0.15, 0.2) is 359 Å². The summed E-state index contributed by atoms with van der Waals surface area (Å²) in [5.41, 5.74) is 29.9. The van der Waals surface area contributed by atoms with Crippen molar-refractivity contribution in [2.75, 3.05) is 14.7 Å². The topological polar surface area (TPSA) is 128 Å². The SMILES string of the molecule is CC(C)c1ccnc(Oc2[c-]c(N(c3[c-]c4c(cc3)c3ccccc3n3c(-c5c(C(C)C)cccc5C(C)C)cnc43)c3ccccc3)ccc2)c1.Cc1cnc(Oc2[c-]c(N(c3[c-]c4c(cc3)c3ccccc3n3c(-c5c(C(C)C)cccc5C(C)C)cnc43)c3ccccc3)ccc2)cc1C.Cc1cnc2c3[c-]c(N(c4[c-]c(Oc5cc(C(C)C)ccn5)ccc4)c4ccccc4)ccc3c3ccccc3n12.[Pt+2].[Pt+2].[Pt+2]. The summed E-state index contributed by atoms with van der Waals surface area (Å²) < 4.78 is 25.6. The summed E-state index contributed by atoms with van der Waals surface area (Å²) in [6.45, 7) is 33.0. The third-order valence-electron chi connectivity index (χ3n) is 27.1. The summed E-state index contributed by atoms with van der Waals surface area (Å²) in [6, 6.07) is 133. The maximum Gasteiger partial charge on any atom is 2.00 e. The number of nitrogens with zero attached hydrogens (tertiary/aromatic N) is 12. The molecule has 0 amide bonds. The number of pyridine rings is 6. The van der Waals surface area contributed by atoms with Gasteiger partial charge in [0, 0.05) is 123 Å². The fourth-order valence-corrected chi connectivity index (χ4v) is 19.7. The number of aryl methyl sites for hydroxylation is 3. The number of aromatic nitrogens is 9. The minimum absolute atomic E-state index is 0. The Morgan fingerprint density at radius 2 is 0.558 bits per heavy atom. The molecule has 0 spiro atoms. The Hall–Kier alpha value is -15.0. The van der Waals surface area contributed by atoms with E-state index in [0.717, 1.165) is 156 Å². The zero-order chi connectivity index (χ0) is 99.1. The average Bonchev–Trinajstić information content (AvgIpc) is 1.22. The van der Waals surface area contributed by atoms with Gasteiger partial charge in [0.05, 0.1) is 28.3 Å². The molecular formula is C129H110N12O3Pt3. The van der Waals surface area contributed by atoms with E-state index in [4.69, 9.17) is 29.2 Å². The fourth-order valence-electron chi connectivity index (χ4n) is 19.7. The molecule has 0 bridgehead atoms. The summed E-state index contributed by atoms with van der Waals surface area (Å²) in [4.78, 5) is 35.0. The number of rotatable bonds is 23. The van der Waals surface area contributed by atoms with Crippen LogP contribution < -0.4 is 28.9 Å². The predicted molar refractivity (Wildman–Crippen MR) is 590 cm³/mol. The van der Waals surface area contributed by atoms with Crippen molar-refractivity contribution in [3.05, 3.63) is 445 Å². The second kappa shape index (κ2) is 44.1. The third-order valence-corrected chi connectivity index (χ3v) is 27.1. The Morgan fingerprint density at radius 1 is 0.252 bits per heavy atom. The maximum absolute atomic E-state index is 6.29. The van der Waals surface area contributed by atoms with Crippen LogP contribution in [0.4, 0.5) is 51.2 Å². The molecule has 23 aromatic rings. The second-order valence-corrected chi connectivity index (χ2v) is 38.6. The molecule has 23 rings (SSSR count). The van der Waals surface area contributed by atoms with Crippen molar-refractivity contribution in [2.24, 2.45) is 0 Å². The Balaban J connectivity index is 0.000000144. The monoisotopic (exact) mass is 2460 g/mol. The zero-order valence-electron chi connectivity index (χ0n) is 84.6. The van der Waals surface area contributed by atoms with Crippen molar-refractivity contribution in [2.45, 2.75) is 139 Å². The number of imidazole rings is 3. The molecule has 0 saturated heterocycles. The van der Waals surface area contributed by atoms with Crippen LogP contribution in [0.1, 0.15) is 169 Å². The van der Waals surface area contributed by atoms with Crippen molar-refractivity contribution in [3.8, 4) is 57.4 Å². The van der Waals surface area contributed by atoms with Gasteiger partial charge in [0.2, 0.25) is 17.6 Å². The first-order chi connectivity index (χ1) is 70.1. The van der Waals surface area contributed by atoms with Crippen LogP contribution in [-0.2, 0) is 63.2 Å². The van der Waals surface area contributed by atoms with E-state index in [2.05, 4.69) is 389 Å². The van der Waals surface area contributed by atoms with E-state index in [-0.39, 0.29) is 63.2 Å². The smallest absolute Gasteiger partial charge is 0.466 e. The van der Waals surface area contributed by atoms with Crippen LogP contribution in [0.3, 0.4) is 0 Å². The van der Waals surface area contributed by atoms with Gasteiger partial charge in [-0.25, -0.2) is 15.0 Å². The Morgan fingerprint density at radius 3 is 0.898 bits per heavy atom. The van der Waals surface area contributed by atoms with Crippen LogP contribution in [0.25, 0.3) is 104 Å². The first kappa shape index (κ1) is 102. The summed E-state index contributed by atoms with van der Waals surface area (Å²) in [6.07, 6.45) is 11.5. The van der Waals surface area contributed by atoms with Crippen LogP contribution in [-0.4, -0.2) is 43.1 Å². The van der Waals surface area contributed by atoms with Gasteiger partial charge in [-0.1, -0.05) is 278 Å². The van der Waals surface area contributed by atoms with Gasteiger partial charge in [-0.2, -0.15) is 18.2 Å². The number of anilines is 9. The third kappa shape index (κ3) is 20.4. The van der Waals surface area contributed by atoms with Gasteiger partial charge >= 0.3 is 63.2 Å². The Kier molecular flexibility index (Phi) is 30.6. The van der Waals surface area contributed by atoms with Crippen molar-refractivity contribution < 1.29 is 77.4 Å². The summed E-state index contributed by atoms with van der Waals surface area (Å²) >= 11 is 0.